The topological polar surface area (TPSA) is 111 Å². The third-order valence-corrected chi connectivity index (χ3v) is 4.32. The van der Waals surface area contributed by atoms with E-state index in [0.29, 0.717) is 0 Å². The SMILES string of the molecule is [2H]C([2H])([2H])C([2H])([2H])c1cc(O)c2c3c(=O)c4cccc(O)c4c(=O)c=3c(=[N+]=[N-])c2c1. The summed E-state index contributed by atoms with van der Waals surface area (Å²) in [5.41, 5.74) is 7.59. The second-order valence-corrected chi connectivity index (χ2v) is 5.60. The maximum atomic E-state index is 13.1. The Labute approximate surface area is 146 Å². The van der Waals surface area contributed by atoms with Crippen LogP contribution in [0.5, 0.6) is 11.5 Å². The minimum Gasteiger partial charge on any atom is -0.507 e. The molecule has 25 heavy (non-hydrogen) atoms. The van der Waals surface area contributed by atoms with Crippen LogP contribution in [0, 0.1) is 10.4 Å². The molecule has 6 heteroatoms. The lowest BCUT2D eigenvalue weighted by molar-refractivity contribution is -0.0635. The zero-order chi connectivity index (χ0) is 22.2. The number of benzene rings is 2. The van der Waals surface area contributed by atoms with Gasteiger partial charge in [-0.1, -0.05) is 19.0 Å². The number of rotatable bonds is 1. The highest BCUT2D eigenvalue weighted by Crippen LogP contribution is 2.27. The summed E-state index contributed by atoms with van der Waals surface area (Å²) in [6, 6.07) is 5.81. The van der Waals surface area contributed by atoms with Gasteiger partial charge >= 0.3 is 5.36 Å². The monoisotopic (exact) mass is 337 g/mol. The fourth-order valence-corrected chi connectivity index (χ4v) is 3.31. The fourth-order valence-electron chi connectivity index (χ4n) is 3.31. The number of nitrogens with zero attached hydrogens (tertiary/aromatic N) is 2. The Balaban J connectivity index is 2.37. The van der Waals surface area contributed by atoms with Gasteiger partial charge in [0.15, 0.2) is 5.43 Å². The third-order valence-electron chi connectivity index (χ3n) is 4.32. The Morgan fingerprint density at radius 2 is 1.88 bits per heavy atom. The van der Waals surface area contributed by atoms with Gasteiger partial charge in [0.25, 0.3) is 0 Å². The van der Waals surface area contributed by atoms with E-state index in [4.69, 9.17) is 6.85 Å². The van der Waals surface area contributed by atoms with Crippen LogP contribution in [0.3, 0.4) is 0 Å². The van der Waals surface area contributed by atoms with E-state index in [0.717, 1.165) is 12.1 Å². The van der Waals surface area contributed by atoms with Crippen LogP contribution in [0.4, 0.5) is 0 Å². The van der Waals surface area contributed by atoms with Crippen LogP contribution in [0.25, 0.3) is 27.1 Å². The van der Waals surface area contributed by atoms with Gasteiger partial charge in [-0.2, -0.15) is 4.79 Å². The van der Waals surface area contributed by atoms with Gasteiger partial charge in [-0.3, -0.25) is 9.59 Å². The molecule has 0 atom stereocenters. The number of phenolic OH excluding ortho intramolecular Hbond substituents is 2. The van der Waals surface area contributed by atoms with Crippen molar-refractivity contribution in [2.45, 2.75) is 13.2 Å². The van der Waals surface area contributed by atoms with E-state index in [9.17, 15) is 25.3 Å². The van der Waals surface area contributed by atoms with Crippen molar-refractivity contribution in [1.29, 1.82) is 0 Å². The van der Waals surface area contributed by atoms with Crippen LogP contribution in [0.15, 0.2) is 39.9 Å². The van der Waals surface area contributed by atoms with Crippen molar-refractivity contribution in [3.05, 3.63) is 77.7 Å². The second-order valence-electron chi connectivity index (χ2n) is 5.60. The van der Waals surface area contributed by atoms with Crippen LogP contribution in [-0.2, 0) is 6.37 Å². The van der Waals surface area contributed by atoms with Crippen molar-refractivity contribution >= 4 is 21.5 Å². The van der Waals surface area contributed by atoms with Gasteiger partial charge in [0.1, 0.15) is 16.7 Å². The maximum absolute atomic E-state index is 13.1. The highest BCUT2D eigenvalue weighted by Gasteiger charge is 2.23. The lowest BCUT2D eigenvalue weighted by Crippen LogP contribution is -2.19. The Kier molecular flexibility index (Phi) is 2.07. The number of phenols is 2. The molecule has 0 saturated carbocycles. The zero-order valence-corrected chi connectivity index (χ0v) is 12.5. The average Bonchev–Trinajstić information content (AvgIpc) is 3.00. The van der Waals surface area contributed by atoms with E-state index in [1.807, 2.05) is 0 Å². The smallest absolute Gasteiger partial charge is 0.335 e. The Bertz CT molecular complexity index is 1630. The molecule has 0 aliphatic heterocycles. The normalized spacial score (nSPS) is 15.4. The van der Waals surface area contributed by atoms with Crippen LogP contribution >= 0.6 is 0 Å². The molecule has 2 aromatic rings. The van der Waals surface area contributed by atoms with E-state index >= 15 is 0 Å². The fraction of sp³-hybridized carbons (Fsp3) is 0.105. The van der Waals surface area contributed by atoms with Gasteiger partial charge in [-0.05, 0) is 30.1 Å². The van der Waals surface area contributed by atoms with Crippen molar-refractivity contribution < 1.29 is 21.9 Å². The molecule has 0 saturated heterocycles. The van der Waals surface area contributed by atoms with Crippen LogP contribution in [-0.4, -0.2) is 15.0 Å². The molecule has 0 unspecified atom stereocenters. The Morgan fingerprint density at radius 1 is 1.08 bits per heavy atom. The number of aryl methyl sites for hydroxylation is 1. The first-order valence-corrected chi connectivity index (χ1v) is 7.18. The minimum absolute atomic E-state index is 0.106. The molecule has 6 nitrogen and oxygen atoms in total. The Hall–Kier alpha value is -3.50. The molecular formula is C19H12N2O4. The number of fused-ring (bicyclic) bond motifs is 3. The van der Waals surface area contributed by atoms with Gasteiger partial charge < -0.3 is 15.7 Å². The summed E-state index contributed by atoms with van der Waals surface area (Å²) in [6.07, 6.45) is -2.88. The summed E-state index contributed by atoms with van der Waals surface area (Å²) in [6.45, 7) is -3.08. The molecule has 2 N–H and O–H groups in total. The summed E-state index contributed by atoms with van der Waals surface area (Å²) in [4.78, 5) is 29.2. The van der Waals surface area contributed by atoms with Gasteiger partial charge in [-0.25, -0.2) is 0 Å². The first-order chi connectivity index (χ1) is 13.9. The Morgan fingerprint density at radius 3 is 2.60 bits per heavy atom. The van der Waals surface area contributed by atoms with Crippen LogP contribution in [0.2, 0.25) is 0 Å². The quantitative estimate of drug-likeness (QED) is 0.404. The lowest BCUT2D eigenvalue weighted by Gasteiger charge is -2.00. The zero-order valence-electron chi connectivity index (χ0n) is 17.5. The number of hydrogen-bond donors (Lipinski definition) is 2. The summed E-state index contributed by atoms with van der Waals surface area (Å²) in [5, 5.41) is 18.9. The third kappa shape index (κ3) is 1.80. The van der Waals surface area contributed by atoms with Gasteiger partial charge in [0.2, 0.25) is 5.43 Å². The molecule has 122 valence electrons. The summed E-state index contributed by atoms with van der Waals surface area (Å²) in [5.74, 6) is -1.10. The molecule has 4 rings (SSSR count). The standard InChI is InChI=1S/C19H12N2O4/c1-2-8-6-10-13(12(23)7-8)15-16(17(10)21-20)19(25)14-9(18(15)24)4-3-5-11(14)22/h3-7,22-23H,2H2,1H3/i1D3,2D2. The van der Waals surface area contributed by atoms with Gasteiger partial charge in [-0.15, -0.1) is 0 Å². The molecular weight excluding hydrogens is 320 g/mol. The lowest BCUT2D eigenvalue weighted by atomic mass is 10.0. The molecule has 0 spiro atoms. The molecule has 0 amide bonds. The predicted octanol–water partition coefficient (Wildman–Crippen LogP) is 1.42. The first kappa shape index (κ1) is 10.4. The maximum Gasteiger partial charge on any atom is 0.335 e. The highest BCUT2D eigenvalue weighted by molar-refractivity contribution is 5.95. The van der Waals surface area contributed by atoms with Crippen LogP contribution < -0.4 is 16.2 Å². The minimum atomic E-state index is -3.08. The van der Waals surface area contributed by atoms with Crippen molar-refractivity contribution in [2.24, 2.45) is 0 Å². The van der Waals surface area contributed by atoms with Crippen LogP contribution in [0.1, 0.15) is 19.3 Å². The summed E-state index contributed by atoms with van der Waals surface area (Å²) < 4.78 is 38.1. The highest BCUT2D eigenvalue weighted by atomic mass is 16.3. The van der Waals surface area contributed by atoms with E-state index in [2.05, 4.69) is 4.79 Å². The van der Waals surface area contributed by atoms with Gasteiger partial charge in [0.05, 0.1) is 16.0 Å². The second kappa shape index (κ2) is 5.00. The number of hydrogen-bond acceptors (Lipinski definition) is 4. The van der Waals surface area contributed by atoms with Crippen molar-refractivity contribution in [3.8, 4) is 11.5 Å². The van der Waals surface area contributed by atoms with E-state index < -0.39 is 46.5 Å². The molecule has 0 aromatic heterocycles. The summed E-state index contributed by atoms with van der Waals surface area (Å²) >= 11 is 0. The molecule has 2 aliphatic rings. The molecule has 2 aromatic carbocycles. The van der Waals surface area contributed by atoms with E-state index in [1.54, 1.807) is 0 Å². The molecule has 0 bridgehead atoms. The molecule has 0 fully saturated rings. The molecule has 0 heterocycles. The largest absolute Gasteiger partial charge is 0.507 e. The van der Waals surface area contributed by atoms with Gasteiger partial charge in [0, 0.05) is 17.6 Å². The number of aromatic hydroxyl groups is 2. The average molecular weight is 337 g/mol. The van der Waals surface area contributed by atoms with E-state index in [1.165, 1.54) is 18.2 Å². The van der Waals surface area contributed by atoms with Crippen molar-refractivity contribution in [3.63, 3.8) is 0 Å². The molecule has 0 radical (unpaired) electrons. The molecule has 2 aliphatic carbocycles. The first-order valence-electron chi connectivity index (χ1n) is 9.68. The van der Waals surface area contributed by atoms with E-state index in [-0.39, 0.29) is 32.0 Å². The van der Waals surface area contributed by atoms with Crippen molar-refractivity contribution in [1.82, 2.24) is 0 Å². The predicted molar refractivity (Wildman–Crippen MR) is 91.1 cm³/mol. The summed E-state index contributed by atoms with van der Waals surface area (Å²) in [7, 11) is 0. The van der Waals surface area contributed by atoms with Crippen molar-refractivity contribution in [2.75, 3.05) is 0 Å².